The summed E-state index contributed by atoms with van der Waals surface area (Å²) in [6.07, 6.45) is 5.33. The first-order valence-corrected chi connectivity index (χ1v) is 14.2. The zero-order chi connectivity index (χ0) is 28.6. The molecular weight excluding hydrogens is 482 g/mol. The molecule has 8 nitrogen and oxygen atoms in total. The lowest BCUT2D eigenvalue weighted by molar-refractivity contribution is -0.145. The van der Waals surface area contributed by atoms with Crippen LogP contribution in [0.3, 0.4) is 0 Å². The van der Waals surface area contributed by atoms with Gasteiger partial charge in [0.05, 0.1) is 0 Å². The van der Waals surface area contributed by atoms with Crippen molar-refractivity contribution in [2.45, 2.75) is 130 Å². The van der Waals surface area contributed by atoms with Gasteiger partial charge in [0.1, 0.15) is 23.4 Å². The minimum Gasteiger partial charge on any atom is -0.507 e. The van der Waals surface area contributed by atoms with Gasteiger partial charge in [0.25, 0.3) is 0 Å². The molecule has 3 unspecified atom stereocenters. The predicted molar refractivity (Wildman–Crippen MR) is 150 cm³/mol. The van der Waals surface area contributed by atoms with E-state index in [1.807, 2.05) is 27.7 Å². The van der Waals surface area contributed by atoms with Crippen LogP contribution in [0.5, 0.6) is 5.75 Å². The monoisotopic (exact) mass is 531 g/mol. The number of hydrogen-bond donors (Lipinski definition) is 3. The SMILES string of the molecule is CCC(C)N(C(=O)C(CC(C)C)NC(=O)OC(C)(C)C)C(C(=O)NC1CCCCC1)c1cccc(C)c1O. The number of phenolic OH excluding ortho intramolecular Hbond substituents is 1. The van der Waals surface area contributed by atoms with E-state index in [1.165, 1.54) is 0 Å². The molecule has 0 saturated heterocycles. The van der Waals surface area contributed by atoms with E-state index in [9.17, 15) is 19.5 Å². The average Bonchev–Trinajstić information content (AvgIpc) is 2.82. The van der Waals surface area contributed by atoms with Gasteiger partial charge in [-0.25, -0.2) is 4.79 Å². The largest absolute Gasteiger partial charge is 0.507 e. The van der Waals surface area contributed by atoms with Gasteiger partial charge in [-0.1, -0.05) is 58.2 Å². The van der Waals surface area contributed by atoms with Crippen molar-refractivity contribution in [3.8, 4) is 5.75 Å². The molecule has 3 amide bonds. The Morgan fingerprint density at radius 3 is 2.29 bits per heavy atom. The number of nitrogens with zero attached hydrogens (tertiary/aromatic N) is 1. The molecule has 0 heterocycles. The molecule has 38 heavy (non-hydrogen) atoms. The Morgan fingerprint density at radius 2 is 1.74 bits per heavy atom. The quantitative estimate of drug-likeness (QED) is 0.356. The first-order chi connectivity index (χ1) is 17.7. The van der Waals surface area contributed by atoms with Gasteiger partial charge in [-0.2, -0.15) is 0 Å². The first kappa shape index (κ1) is 31.4. The summed E-state index contributed by atoms with van der Waals surface area (Å²) in [5, 5.41) is 17.0. The second kappa shape index (κ2) is 13.9. The topological polar surface area (TPSA) is 108 Å². The fourth-order valence-corrected chi connectivity index (χ4v) is 4.97. The summed E-state index contributed by atoms with van der Waals surface area (Å²) in [5.41, 5.74) is 0.287. The van der Waals surface area contributed by atoms with Gasteiger partial charge in [0.2, 0.25) is 11.8 Å². The van der Waals surface area contributed by atoms with E-state index < -0.39 is 23.8 Å². The molecule has 0 aromatic heterocycles. The van der Waals surface area contributed by atoms with Crippen molar-refractivity contribution < 1.29 is 24.2 Å². The summed E-state index contributed by atoms with van der Waals surface area (Å²) >= 11 is 0. The highest BCUT2D eigenvalue weighted by Gasteiger charge is 2.40. The number of hydrogen-bond acceptors (Lipinski definition) is 5. The lowest BCUT2D eigenvalue weighted by atomic mass is 9.93. The molecule has 1 aromatic rings. The van der Waals surface area contributed by atoms with Crippen LogP contribution in [-0.2, 0) is 14.3 Å². The summed E-state index contributed by atoms with van der Waals surface area (Å²) in [7, 11) is 0. The molecule has 0 aliphatic heterocycles. The summed E-state index contributed by atoms with van der Waals surface area (Å²) in [6, 6.07) is 3.02. The molecule has 0 bridgehead atoms. The number of ether oxygens (including phenoxy) is 1. The van der Waals surface area contributed by atoms with E-state index in [2.05, 4.69) is 10.6 Å². The maximum atomic E-state index is 14.3. The highest BCUT2D eigenvalue weighted by atomic mass is 16.6. The number of aromatic hydroxyl groups is 1. The molecule has 2 rings (SSSR count). The molecule has 1 aliphatic carbocycles. The molecule has 0 radical (unpaired) electrons. The van der Waals surface area contributed by atoms with Crippen molar-refractivity contribution in [1.29, 1.82) is 0 Å². The maximum Gasteiger partial charge on any atom is 0.408 e. The fraction of sp³-hybridized carbons (Fsp3) is 0.700. The third kappa shape index (κ3) is 8.91. The molecule has 1 aliphatic rings. The normalized spacial score (nSPS) is 16.9. The number of amides is 3. The number of nitrogens with one attached hydrogen (secondary N) is 2. The van der Waals surface area contributed by atoms with E-state index in [4.69, 9.17) is 4.74 Å². The Kier molecular flexibility index (Phi) is 11.5. The Bertz CT molecular complexity index is 950. The Morgan fingerprint density at radius 1 is 1.11 bits per heavy atom. The van der Waals surface area contributed by atoms with Crippen LogP contribution in [0.25, 0.3) is 0 Å². The van der Waals surface area contributed by atoms with Gasteiger partial charge in [-0.3, -0.25) is 9.59 Å². The van der Waals surface area contributed by atoms with E-state index in [1.54, 1.807) is 50.8 Å². The number of alkyl carbamates (subject to hydrolysis) is 1. The fourth-order valence-electron chi connectivity index (χ4n) is 4.97. The number of carbonyl (C=O) groups is 3. The van der Waals surface area contributed by atoms with Crippen molar-refractivity contribution in [2.24, 2.45) is 5.92 Å². The van der Waals surface area contributed by atoms with E-state index >= 15 is 0 Å². The van der Waals surface area contributed by atoms with Gasteiger partial charge in [0, 0.05) is 17.6 Å². The molecular formula is C30H49N3O5. The van der Waals surface area contributed by atoms with Crippen molar-refractivity contribution in [3.05, 3.63) is 29.3 Å². The lowest BCUT2D eigenvalue weighted by Gasteiger charge is -2.39. The van der Waals surface area contributed by atoms with Crippen LogP contribution >= 0.6 is 0 Å². The van der Waals surface area contributed by atoms with Crippen molar-refractivity contribution in [3.63, 3.8) is 0 Å². The highest BCUT2D eigenvalue weighted by Crippen LogP contribution is 2.34. The van der Waals surface area contributed by atoms with Crippen LogP contribution in [0.4, 0.5) is 4.79 Å². The molecule has 8 heteroatoms. The smallest absolute Gasteiger partial charge is 0.408 e. The van der Waals surface area contributed by atoms with Gasteiger partial charge < -0.3 is 25.4 Å². The summed E-state index contributed by atoms with van der Waals surface area (Å²) < 4.78 is 5.45. The van der Waals surface area contributed by atoms with Crippen molar-refractivity contribution in [1.82, 2.24) is 15.5 Å². The minimum atomic E-state index is -1.05. The van der Waals surface area contributed by atoms with Gasteiger partial charge >= 0.3 is 6.09 Å². The van der Waals surface area contributed by atoms with Gasteiger partial charge in [0.15, 0.2) is 0 Å². The molecule has 1 fully saturated rings. The molecule has 0 spiro atoms. The molecule has 214 valence electrons. The number of para-hydroxylation sites is 1. The summed E-state index contributed by atoms with van der Waals surface area (Å²) in [5.74, 6) is -0.590. The minimum absolute atomic E-state index is 0.00194. The van der Waals surface area contributed by atoms with Crippen LogP contribution in [0.15, 0.2) is 18.2 Å². The molecule has 3 N–H and O–H groups in total. The second-order valence-corrected chi connectivity index (χ2v) is 12.1. The van der Waals surface area contributed by atoms with Gasteiger partial charge in [-0.15, -0.1) is 0 Å². The Hall–Kier alpha value is -2.77. The zero-order valence-corrected chi connectivity index (χ0v) is 24.6. The maximum absolute atomic E-state index is 14.3. The highest BCUT2D eigenvalue weighted by molar-refractivity contribution is 5.93. The Labute approximate surface area is 228 Å². The summed E-state index contributed by atoms with van der Waals surface area (Å²) in [6.45, 7) is 14.9. The van der Waals surface area contributed by atoms with Crippen LogP contribution in [0, 0.1) is 12.8 Å². The third-order valence-corrected chi connectivity index (χ3v) is 7.06. The molecule has 1 saturated carbocycles. The Balaban J connectivity index is 2.55. The number of carbonyl (C=O) groups excluding carboxylic acids is 3. The first-order valence-electron chi connectivity index (χ1n) is 14.2. The standard InChI is InChI=1S/C30H49N3O5/c1-9-21(5)33(28(36)24(18-19(2)3)32-29(37)38-30(6,7)8)25(23-17-13-14-20(4)26(23)34)27(35)31-22-15-11-10-12-16-22/h13-14,17,19,21-22,24-25,34H,9-12,15-16,18H2,1-8H3,(H,31,35)(H,32,37). The number of aryl methyl sites for hydroxylation is 1. The predicted octanol–water partition coefficient (Wildman–Crippen LogP) is 5.76. The van der Waals surface area contributed by atoms with E-state index in [-0.39, 0.29) is 35.6 Å². The van der Waals surface area contributed by atoms with Crippen molar-refractivity contribution in [2.75, 3.05) is 0 Å². The van der Waals surface area contributed by atoms with E-state index in [0.29, 0.717) is 24.0 Å². The average molecular weight is 532 g/mol. The molecule has 3 atom stereocenters. The van der Waals surface area contributed by atoms with Crippen LogP contribution < -0.4 is 10.6 Å². The third-order valence-electron chi connectivity index (χ3n) is 7.06. The van der Waals surface area contributed by atoms with Crippen LogP contribution in [0.1, 0.15) is 111 Å². The number of rotatable bonds is 10. The lowest BCUT2D eigenvalue weighted by Crippen LogP contribution is -2.56. The summed E-state index contributed by atoms with van der Waals surface area (Å²) in [4.78, 5) is 42.5. The van der Waals surface area contributed by atoms with Gasteiger partial charge in [-0.05, 0) is 71.8 Å². The zero-order valence-electron chi connectivity index (χ0n) is 24.6. The van der Waals surface area contributed by atoms with E-state index in [0.717, 1.165) is 32.1 Å². The number of phenols is 1. The van der Waals surface area contributed by atoms with Crippen LogP contribution in [-0.4, -0.2) is 51.6 Å². The molecule has 1 aromatic carbocycles. The van der Waals surface area contributed by atoms with Crippen LogP contribution in [0.2, 0.25) is 0 Å². The van der Waals surface area contributed by atoms with Crippen molar-refractivity contribution >= 4 is 17.9 Å². The second-order valence-electron chi connectivity index (χ2n) is 12.1. The number of benzene rings is 1.